The molecule has 4 heteroatoms. The molecule has 4 nitrogen and oxygen atoms in total. The zero-order valence-corrected chi connectivity index (χ0v) is 9.69. The van der Waals surface area contributed by atoms with Crippen LogP contribution in [-0.2, 0) is 14.3 Å². The minimum atomic E-state index is -0.0279. The van der Waals surface area contributed by atoms with E-state index < -0.39 is 0 Å². The molecule has 1 saturated carbocycles. The molecule has 0 bridgehead atoms. The molecule has 0 aromatic heterocycles. The van der Waals surface area contributed by atoms with E-state index in [0.29, 0.717) is 25.7 Å². The third-order valence-corrected chi connectivity index (χ3v) is 3.72. The van der Waals surface area contributed by atoms with E-state index in [9.17, 15) is 4.79 Å². The topological polar surface area (TPSA) is 61.6 Å². The van der Waals surface area contributed by atoms with Gasteiger partial charge in [-0.3, -0.25) is 4.79 Å². The average molecular weight is 227 g/mol. The Balaban J connectivity index is 1.82. The van der Waals surface area contributed by atoms with Crippen LogP contribution in [0.25, 0.3) is 0 Å². The summed E-state index contributed by atoms with van der Waals surface area (Å²) in [6, 6.07) is 0. The monoisotopic (exact) mass is 227 g/mol. The van der Waals surface area contributed by atoms with Gasteiger partial charge >= 0.3 is 5.97 Å². The number of carbonyl (C=O) groups excluding carboxylic acids is 1. The molecule has 16 heavy (non-hydrogen) atoms. The van der Waals surface area contributed by atoms with Gasteiger partial charge in [0.05, 0.1) is 19.1 Å². The molecule has 0 amide bonds. The lowest BCUT2D eigenvalue weighted by molar-refractivity contribution is -0.159. The standard InChI is InChI=1S/C12H21NO3/c13-8-9-2-1-3-11(9)12(14)16-10-4-6-15-7-5-10/h9-11H,1-8,13H2. The van der Waals surface area contributed by atoms with Crippen molar-refractivity contribution in [2.75, 3.05) is 19.8 Å². The van der Waals surface area contributed by atoms with Crippen LogP contribution in [0.1, 0.15) is 32.1 Å². The van der Waals surface area contributed by atoms with Crippen molar-refractivity contribution in [3.05, 3.63) is 0 Å². The van der Waals surface area contributed by atoms with Crippen molar-refractivity contribution in [1.82, 2.24) is 0 Å². The average Bonchev–Trinajstić information content (AvgIpc) is 2.78. The number of ether oxygens (including phenoxy) is 2. The molecule has 1 saturated heterocycles. The van der Waals surface area contributed by atoms with Crippen LogP contribution in [0.2, 0.25) is 0 Å². The van der Waals surface area contributed by atoms with Crippen molar-refractivity contribution in [3.8, 4) is 0 Å². The number of esters is 1. The first-order chi connectivity index (χ1) is 7.81. The fourth-order valence-electron chi connectivity index (χ4n) is 2.67. The normalized spacial score (nSPS) is 31.6. The third-order valence-electron chi connectivity index (χ3n) is 3.72. The highest BCUT2D eigenvalue weighted by Crippen LogP contribution is 2.32. The summed E-state index contributed by atoms with van der Waals surface area (Å²) < 4.78 is 10.8. The molecular weight excluding hydrogens is 206 g/mol. The maximum absolute atomic E-state index is 12.0. The van der Waals surface area contributed by atoms with E-state index in [1.54, 1.807) is 0 Å². The first-order valence-corrected chi connectivity index (χ1v) is 6.29. The van der Waals surface area contributed by atoms with Crippen molar-refractivity contribution in [3.63, 3.8) is 0 Å². The van der Waals surface area contributed by atoms with Crippen molar-refractivity contribution >= 4 is 5.97 Å². The molecule has 0 radical (unpaired) electrons. The highest BCUT2D eigenvalue weighted by molar-refractivity contribution is 5.73. The first kappa shape index (κ1) is 11.9. The van der Waals surface area contributed by atoms with E-state index in [-0.39, 0.29) is 18.0 Å². The lowest BCUT2D eigenvalue weighted by Gasteiger charge is -2.25. The van der Waals surface area contributed by atoms with Gasteiger partial charge in [0.1, 0.15) is 6.10 Å². The van der Waals surface area contributed by atoms with Crippen LogP contribution in [-0.4, -0.2) is 31.8 Å². The van der Waals surface area contributed by atoms with Crippen LogP contribution in [0, 0.1) is 11.8 Å². The zero-order chi connectivity index (χ0) is 11.4. The van der Waals surface area contributed by atoms with E-state index in [1.165, 1.54) is 0 Å². The van der Waals surface area contributed by atoms with Gasteiger partial charge in [0.25, 0.3) is 0 Å². The van der Waals surface area contributed by atoms with Crippen LogP contribution in [0.15, 0.2) is 0 Å². The van der Waals surface area contributed by atoms with Gasteiger partial charge in [-0.05, 0) is 25.3 Å². The summed E-state index contributed by atoms with van der Waals surface area (Å²) in [5.41, 5.74) is 5.67. The Bertz CT molecular complexity index is 238. The van der Waals surface area contributed by atoms with Gasteiger partial charge in [-0.25, -0.2) is 0 Å². The van der Waals surface area contributed by atoms with Gasteiger partial charge < -0.3 is 15.2 Å². The Morgan fingerprint density at radius 1 is 1.25 bits per heavy atom. The van der Waals surface area contributed by atoms with Gasteiger partial charge in [0, 0.05) is 12.8 Å². The van der Waals surface area contributed by atoms with Crippen molar-refractivity contribution in [1.29, 1.82) is 0 Å². The molecule has 1 heterocycles. The quantitative estimate of drug-likeness (QED) is 0.733. The minimum absolute atomic E-state index is 0.0279. The number of carbonyl (C=O) groups is 1. The molecule has 2 atom stereocenters. The summed E-state index contributed by atoms with van der Waals surface area (Å²) in [7, 11) is 0. The van der Waals surface area contributed by atoms with E-state index in [1.807, 2.05) is 0 Å². The molecule has 0 aromatic carbocycles. The number of hydrogen-bond donors (Lipinski definition) is 1. The van der Waals surface area contributed by atoms with Crippen LogP contribution < -0.4 is 5.73 Å². The molecule has 1 aliphatic heterocycles. The second kappa shape index (κ2) is 5.64. The van der Waals surface area contributed by atoms with Crippen LogP contribution in [0.4, 0.5) is 0 Å². The lowest BCUT2D eigenvalue weighted by Crippen LogP contribution is -2.32. The number of hydrogen-bond acceptors (Lipinski definition) is 4. The van der Waals surface area contributed by atoms with Crippen molar-refractivity contribution in [2.24, 2.45) is 17.6 Å². The molecule has 2 fully saturated rings. The van der Waals surface area contributed by atoms with Gasteiger partial charge in [-0.2, -0.15) is 0 Å². The Morgan fingerprint density at radius 3 is 2.69 bits per heavy atom. The van der Waals surface area contributed by atoms with Crippen LogP contribution in [0.5, 0.6) is 0 Å². The smallest absolute Gasteiger partial charge is 0.309 e. The molecular formula is C12H21NO3. The summed E-state index contributed by atoms with van der Waals surface area (Å²) in [5, 5.41) is 0. The summed E-state index contributed by atoms with van der Waals surface area (Å²) in [6.07, 6.45) is 4.88. The molecule has 92 valence electrons. The summed E-state index contributed by atoms with van der Waals surface area (Å²) in [5.74, 6) is 0.361. The van der Waals surface area contributed by atoms with E-state index in [4.69, 9.17) is 15.2 Å². The zero-order valence-electron chi connectivity index (χ0n) is 9.69. The Hall–Kier alpha value is -0.610. The second-order valence-corrected chi connectivity index (χ2v) is 4.78. The van der Waals surface area contributed by atoms with E-state index >= 15 is 0 Å². The van der Waals surface area contributed by atoms with Crippen LogP contribution in [0.3, 0.4) is 0 Å². The van der Waals surface area contributed by atoms with Gasteiger partial charge in [-0.1, -0.05) is 6.42 Å². The third kappa shape index (κ3) is 2.74. The first-order valence-electron chi connectivity index (χ1n) is 6.29. The van der Waals surface area contributed by atoms with E-state index in [2.05, 4.69) is 0 Å². The minimum Gasteiger partial charge on any atom is -0.462 e. The second-order valence-electron chi connectivity index (χ2n) is 4.78. The van der Waals surface area contributed by atoms with Gasteiger partial charge in [0.2, 0.25) is 0 Å². The highest BCUT2D eigenvalue weighted by atomic mass is 16.6. The summed E-state index contributed by atoms with van der Waals surface area (Å²) in [6.45, 7) is 2.03. The largest absolute Gasteiger partial charge is 0.462 e. The Morgan fingerprint density at radius 2 is 2.00 bits per heavy atom. The van der Waals surface area contributed by atoms with E-state index in [0.717, 1.165) is 32.1 Å². The number of rotatable bonds is 3. The Labute approximate surface area is 96.5 Å². The molecule has 2 aliphatic rings. The van der Waals surface area contributed by atoms with Gasteiger partial charge in [-0.15, -0.1) is 0 Å². The van der Waals surface area contributed by atoms with Crippen molar-refractivity contribution < 1.29 is 14.3 Å². The predicted octanol–water partition coefficient (Wildman–Crippen LogP) is 1.08. The molecule has 2 unspecified atom stereocenters. The Kier molecular flexibility index (Phi) is 4.18. The molecule has 0 spiro atoms. The predicted molar refractivity (Wildman–Crippen MR) is 59.8 cm³/mol. The fourth-order valence-corrected chi connectivity index (χ4v) is 2.67. The molecule has 2 rings (SSSR count). The molecule has 2 N–H and O–H groups in total. The SMILES string of the molecule is NCC1CCCC1C(=O)OC1CCOCC1. The highest BCUT2D eigenvalue weighted by Gasteiger charge is 2.34. The van der Waals surface area contributed by atoms with Crippen molar-refractivity contribution in [2.45, 2.75) is 38.2 Å². The maximum Gasteiger partial charge on any atom is 0.309 e. The van der Waals surface area contributed by atoms with Crippen LogP contribution >= 0.6 is 0 Å². The maximum atomic E-state index is 12.0. The number of nitrogens with two attached hydrogens (primary N) is 1. The molecule has 1 aliphatic carbocycles. The van der Waals surface area contributed by atoms with Gasteiger partial charge in [0.15, 0.2) is 0 Å². The fraction of sp³-hybridized carbons (Fsp3) is 0.917. The summed E-state index contributed by atoms with van der Waals surface area (Å²) >= 11 is 0. The summed E-state index contributed by atoms with van der Waals surface area (Å²) in [4.78, 5) is 12.0. The molecule has 0 aromatic rings. The lowest BCUT2D eigenvalue weighted by atomic mass is 9.96.